The number of nitrogens with two attached hydrogens (primary N) is 2. The summed E-state index contributed by atoms with van der Waals surface area (Å²) in [7, 11) is 0. The van der Waals surface area contributed by atoms with Crippen LogP contribution in [0.3, 0.4) is 0 Å². The maximum absolute atomic E-state index is 10.4. The largest absolute Gasteiger partial charge is 0.480 e. The van der Waals surface area contributed by atoms with Crippen LogP contribution in [0.2, 0.25) is 0 Å². The van der Waals surface area contributed by atoms with Crippen molar-refractivity contribution >= 4 is 11.9 Å². The van der Waals surface area contributed by atoms with Crippen molar-refractivity contribution in [1.82, 2.24) is 0 Å². The molecule has 0 saturated carbocycles. The van der Waals surface area contributed by atoms with Crippen molar-refractivity contribution in [1.29, 1.82) is 0 Å². The Bertz CT molecular complexity index is 381. The van der Waals surface area contributed by atoms with Gasteiger partial charge < -0.3 is 21.3 Å². The van der Waals surface area contributed by atoms with E-state index in [1.807, 2.05) is 18.2 Å². The number of carboxylic acids is 1. The molecule has 1 aromatic rings. The standard InChI is InChI=1S/C8H8O2.C5H12N2O2/c1-7(9)10-8-5-3-2-4-6-8;6-3-1-2-4(7)5(8)9/h2-6H,1H3;4H,1-3,6-7H2,(H,8,9). The maximum Gasteiger partial charge on any atom is 0.320 e. The van der Waals surface area contributed by atoms with Crippen molar-refractivity contribution in [2.24, 2.45) is 11.5 Å². The molecule has 1 atom stereocenters. The normalized spacial score (nSPS) is 10.9. The molecule has 0 spiro atoms. The molecule has 0 fully saturated rings. The second-order valence-electron chi connectivity index (χ2n) is 3.78. The number of carbonyl (C=O) groups excluding carboxylic acids is 1. The highest BCUT2D eigenvalue weighted by molar-refractivity contribution is 5.72. The number of hydrogen-bond donors (Lipinski definition) is 3. The van der Waals surface area contributed by atoms with Gasteiger partial charge in [0.15, 0.2) is 0 Å². The predicted octanol–water partition coefficient (Wildman–Crippen LogP) is 0.749. The Kier molecular flexibility index (Phi) is 9.03. The average Bonchev–Trinajstić information content (AvgIpc) is 2.37. The van der Waals surface area contributed by atoms with E-state index in [9.17, 15) is 9.59 Å². The van der Waals surface area contributed by atoms with E-state index in [2.05, 4.69) is 0 Å². The number of benzene rings is 1. The predicted molar refractivity (Wildman–Crippen MR) is 71.7 cm³/mol. The minimum Gasteiger partial charge on any atom is -0.480 e. The first-order valence-electron chi connectivity index (χ1n) is 5.89. The lowest BCUT2D eigenvalue weighted by Gasteiger charge is -2.02. The fourth-order valence-corrected chi connectivity index (χ4v) is 1.12. The molecule has 0 aliphatic carbocycles. The summed E-state index contributed by atoms with van der Waals surface area (Å²) < 4.78 is 4.78. The maximum atomic E-state index is 10.4. The lowest BCUT2D eigenvalue weighted by molar-refractivity contribution is -0.138. The summed E-state index contributed by atoms with van der Waals surface area (Å²) >= 11 is 0. The van der Waals surface area contributed by atoms with Gasteiger partial charge in [0.1, 0.15) is 11.8 Å². The number of rotatable bonds is 5. The van der Waals surface area contributed by atoms with E-state index in [-0.39, 0.29) is 5.97 Å². The smallest absolute Gasteiger partial charge is 0.320 e. The zero-order chi connectivity index (χ0) is 14.7. The Morgan fingerprint density at radius 3 is 2.32 bits per heavy atom. The number of para-hydroxylation sites is 1. The van der Waals surface area contributed by atoms with Crippen LogP contribution in [-0.2, 0) is 9.59 Å². The molecule has 0 heterocycles. The number of carbonyl (C=O) groups is 2. The van der Waals surface area contributed by atoms with Crippen molar-refractivity contribution in [2.45, 2.75) is 25.8 Å². The molecule has 5 N–H and O–H groups in total. The van der Waals surface area contributed by atoms with Crippen LogP contribution >= 0.6 is 0 Å². The van der Waals surface area contributed by atoms with Crippen molar-refractivity contribution in [3.8, 4) is 5.75 Å². The zero-order valence-electron chi connectivity index (χ0n) is 10.9. The van der Waals surface area contributed by atoms with E-state index in [0.717, 1.165) is 0 Å². The molecule has 1 aromatic carbocycles. The van der Waals surface area contributed by atoms with E-state index in [1.165, 1.54) is 6.92 Å². The Hall–Kier alpha value is -1.92. The highest BCUT2D eigenvalue weighted by atomic mass is 16.5. The summed E-state index contributed by atoms with van der Waals surface area (Å²) in [5, 5.41) is 8.24. The van der Waals surface area contributed by atoms with Crippen LogP contribution in [-0.4, -0.2) is 29.6 Å². The van der Waals surface area contributed by atoms with Crippen molar-refractivity contribution in [3.05, 3.63) is 30.3 Å². The van der Waals surface area contributed by atoms with Gasteiger partial charge in [0, 0.05) is 6.92 Å². The molecule has 19 heavy (non-hydrogen) atoms. The number of hydrogen-bond acceptors (Lipinski definition) is 5. The van der Waals surface area contributed by atoms with Gasteiger partial charge in [0.05, 0.1) is 0 Å². The van der Waals surface area contributed by atoms with E-state index in [1.54, 1.807) is 12.1 Å². The molecule has 0 aliphatic heterocycles. The van der Waals surface area contributed by atoms with Gasteiger partial charge in [-0.1, -0.05) is 18.2 Å². The van der Waals surface area contributed by atoms with Gasteiger partial charge in [-0.2, -0.15) is 0 Å². The van der Waals surface area contributed by atoms with Gasteiger partial charge >= 0.3 is 11.9 Å². The van der Waals surface area contributed by atoms with Gasteiger partial charge in [-0.25, -0.2) is 0 Å². The fourth-order valence-electron chi connectivity index (χ4n) is 1.12. The highest BCUT2D eigenvalue weighted by Crippen LogP contribution is 2.07. The molecule has 0 amide bonds. The van der Waals surface area contributed by atoms with Crippen LogP contribution in [0.4, 0.5) is 0 Å². The molecule has 106 valence electrons. The number of esters is 1. The van der Waals surface area contributed by atoms with Crippen LogP contribution in [0, 0.1) is 0 Å². The molecule has 0 aliphatic rings. The van der Waals surface area contributed by atoms with Crippen molar-refractivity contribution < 1.29 is 19.4 Å². The number of carboxylic acid groups (broad SMARTS) is 1. The number of aliphatic carboxylic acids is 1. The molecule has 0 radical (unpaired) electrons. The summed E-state index contributed by atoms with van der Waals surface area (Å²) in [6.45, 7) is 1.88. The summed E-state index contributed by atoms with van der Waals surface area (Å²) in [4.78, 5) is 20.4. The van der Waals surface area contributed by atoms with E-state index in [4.69, 9.17) is 21.3 Å². The summed E-state index contributed by atoms with van der Waals surface area (Å²) in [5.41, 5.74) is 10.3. The molecular formula is C13H20N2O4. The van der Waals surface area contributed by atoms with Gasteiger partial charge in [-0.05, 0) is 31.5 Å². The van der Waals surface area contributed by atoms with Crippen molar-refractivity contribution in [3.63, 3.8) is 0 Å². The van der Waals surface area contributed by atoms with Crippen LogP contribution < -0.4 is 16.2 Å². The van der Waals surface area contributed by atoms with Crippen LogP contribution in [0.1, 0.15) is 19.8 Å². The van der Waals surface area contributed by atoms with E-state index in [0.29, 0.717) is 25.1 Å². The molecule has 1 unspecified atom stereocenters. The molecule has 0 bridgehead atoms. The molecule has 6 nitrogen and oxygen atoms in total. The Labute approximate surface area is 112 Å². The van der Waals surface area contributed by atoms with Crippen LogP contribution in [0.5, 0.6) is 5.75 Å². The minimum atomic E-state index is -0.955. The quantitative estimate of drug-likeness (QED) is 0.536. The first-order chi connectivity index (χ1) is 8.97. The molecule has 0 saturated heterocycles. The van der Waals surface area contributed by atoms with Gasteiger partial charge in [0.25, 0.3) is 0 Å². The topological polar surface area (TPSA) is 116 Å². The lowest BCUT2D eigenvalue weighted by atomic mass is 10.2. The highest BCUT2D eigenvalue weighted by Gasteiger charge is 2.08. The summed E-state index contributed by atoms with van der Waals surface area (Å²) in [5.74, 6) is -0.648. The molecule has 6 heteroatoms. The third-order valence-electron chi connectivity index (χ3n) is 2.04. The molecule has 0 aromatic heterocycles. The second kappa shape index (κ2) is 10.0. The van der Waals surface area contributed by atoms with Crippen LogP contribution in [0.15, 0.2) is 30.3 Å². The Morgan fingerprint density at radius 2 is 1.89 bits per heavy atom. The molecular weight excluding hydrogens is 248 g/mol. The SMILES string of the molecule is CC(=O)Oc1ccccc1.NCCCC(N)C(=O)O. The fraction of sp³-hybridized carbons (Fsp3) is 0.385. The minimum absolute atomic E-state index is 0.286. The molecule has 1 rings (SSSR count). The van der Waals surface area contributed by atoms with Crippen molar-refractivity contribution in [2.75, 3.05) is 6.54 Å². The Balaban J connectivity index is 0.000000344. The summed E-state index contributed by atoms with van der Waals surface area (Å²) in [6, 6.07) is 8.24. The van der Waals surface area contributed by atoms with Crippen LogP contribution in [0.25, 0.3) is 0 Å². The Morgan fingerprint density at radius 1 is 1.32 bits per heavy atom. The van der Waals surface area contributed by atoms with Gasteiger partial charge in [0.2, 0.25) is 0 Å². The van der Waals surface area contributed by atoms with Gasteiger partial charge in [-0.15, -0.1) is 0 Å². The lowest BCUT2D eigenvalue weighted by Crippen LogP contribution is -2.30. The third kappa shape index (κ3) is 9.75. The monoisotopic (exact) mass is 268 g/mol. The summed E-state index contributed by atoms with van der Waals surface area (Å²) in [6.07, 6.45) is 1.14. The average molecular weight is 268 g/mol. The zero-order valence-corrected chi connectivity index (χ0v) is 10.9. The van der Waals surface area contributed by atoms with Gasteiger partial charge in [-0.3, -0.25) is 9.59 Å². The van der Waals surface area contributed by atoms with E-state index >= 15 is 0 Å². The first kappa shape index (κ1) is 17.1. The number of ether oxygens (including phenoxy) is 1. The first-order valence-corrected chi connectivity index (χ1v) is 5.89. The third-order valence-corrected chi connectivity index (χ3v) is 2.04. The van der Waals surface area contributed by atoms with E-state index < -0.39 is 12.0 Å². The second-order valence-corrected chi connectivity index (χ2v) is 3.78.